The maximum absolute atomic E-state index is 2.58. The minimum atomic E-state index is 0. The van der Waals surface area contributed by atoms with E-state index in [-0.39, 0.29) is 80.9 Å². The topological polar surface area (TPSA) is 0 Å². The Morgan fingerprint density at radius 2 is 1.60 bits per heavy atom. The summed E-state index contributed by atoms with van der Waals surface area (Å²) >= 11 is 0. The number of hydrogen-bond acceptors (Lipinski definition) is 0. The molecule has 0 heterocycles. The van der Waals surface area contributed by atoms with Gasteiger partial charge < -0.3 is 0 Å². The Bertz CT molecular complexity index is 9.61. The summed E-state index contributed by atoms with van der Waals surface area (Å²) in [6, 6.07) is 0. The zero-order chi connectivity index (χ0) is 2.71. The fourth-order valence-electron chi connectivity index (χ4n) is 0. The van der Waals surface area contributed by atoms with E-state index in [4.69, 9.17) is 0 Å². The molecule has 0 bridgehead atoms. The van der Waals surface area contributed by atoms with E-state index in [9.17, 15) is 0 Å². The van der Waals surface area contributed by atoms with Gasteiger partial charge >= 0.3 is 80.9 Å². The van der Waals surface area contributed by atoms with Crippen LogP contribution in [0.5, 0.6) is 0 Å². The average Bonchev–Trinajstić information content (AvgIpc) is 0.918. The second-order valence-electron chi connectivity index (χ2n) is 0.408. The van der Waals surface area contributed by atoms with Crippen LogP contribution in [0.1, 0.15) is 6.92 Å². The van der Waals surface area contributed by atoms with Crippen molar-refractivity contribution in [3.05, 3.63) is 0 Å². The summed E-state index contributed by atoms with van der Waals surface area (Å²) in [4.78, 5) is 0. The van der Waals surface area contributed by atoms with Crippen LogP contribution in [-0.4, -0.2) is 87.1 Å². The molecule has 1 unspecified atom stereocenters. The third kappa shape index (κ3) is 19.3. The molecular formula is C2H9KNaP. The molecule has 3 heteroatoms. The Labute approximate surface area is 101 Å². The van der Waals surface area contributed by atoms with Gasteiger partial charge in [0.15, 0.2) is 0 Å². The van der Waals surface area contributed by atoms with Gasteiger partial charge in [-0.05, 0) is 6.16 Å². The molecule has 0 aromatic heterocycles. The van der Waals surface area contributed by atoms with Crippen molar-refractivity contribution in [3.8, 4) is 0 Å². The molecule has 0 amide bonds. The van der Waals surface area contributed by atoms with Crippen LogP contribution in [0.25, 0.3) is 0 Å². The monoisotopic (exact) mass is 126 g/mol. The van der Waals surface area contributed by atoms with Gasteiger partial charge in [0, 0.05) is 0 Å². The van der Waals surface area contributed by atoms with Crippen LogP contribution in [0.2, 0.25) is 0 Å². The summed E-state index contributed by atoms with van der Waals surface area (Å²) in [5.41, 5.74) is 0. The molecule has 0 radical (unpaired) electrons. The van der Waals surface area contributed by atoms with Crippen molar-refractivity contribution in [1.82, 2.24) is 0 Å². The zero-order valence-corrected chi connectivity index (χ0v) is 3.44. The first-order valence-electron chi connectivity index (χ1n) is 1.12. The Kier molecular flexibility index (Phi) is 49.4. The Morgan fingerprint density at radius 3 is 1.60 bits per heavy atom. The molecule has 0 saturated carbocycles. The SMILES string of the molecule is CCP.[KH].[NaH]. The van der Waals surface area contributed by atoms with E-state index in [1.54, 1.807) is 0 Å². The van der Waals surface area contributed by atoms with Gasteiger partial charge in [-0.25, -0.2) is 0 Å². The molecule has 0 aromatic rings. The van der Waals surface area contributed by atoms with Crippen molar-refractivity contribution in [2.45, 2.75) is 6.92 Å². The molecule has 0 aliphatic rings. The van der Waals surface area contributed by atoms with E-state index >= 15 is 0 Å². The fourth-order valence-corrected chi connectivity index (χ4v) is 0. The molecule has 1 atom stereocenters. The molecule has 24 valence electrons. The van der Waals surface area contributed by atoms with E-state index in [1.165, 1.54) is 6.16 Å². The maximum atomic E-state index is 2.58. The Balaban J connectivity index is -0.0000000200. The van der Waals surface area contributed by atoms with E-state index in [2.05, 4.69) is 16.2 Å². The Morgan fingerprint density at radius 1 is 1.60 bits per heavy atom. The predicted octanol–water partition coefficient (Wildman–Crippen LogP) is -0.416. The summed E-state index contributed by atoms with van der Waals surface area (Å²) < 4.78 is 0. The van der Waals surface area contributed by atoms with Crippen molar-refractivity contribution in [2.24, 2.45) is 0 Å². The van der Waals surface area contributed by atoms with E-state index < -0.39 is 0 Å². The van der Waals surface area contributed by atoms with Crippen LogP contribution in [0.15, 0.2) is 0 Å². The van der Waals surface area contributed by atoms with Crippen molar-refractivity contribution < 1.29 is 0 Å². The first-order chi connectivity index (χ1) is 1.41. The predicted molar refractivity (Wildman–Crippen MR) is 34.5 cm³/mol. The van der Waals surface area contributed by atoms with E-state index in [1.807, 2.05) is 0 Å². The van der Waals surface area contributed by atoms with Crippen molar-refractivity contribution in [3.63, 3.8) is 0 Å². The summed E-state index contributed by atoms with van der Waals surface area (Å²) in [7, 11) is 2.58. The molecule has 0 N–H and O–H groups in total. The van der Waals surface area contributed by atoms with E-state index in [0.29, 0.717) is 0 Å². The van der Waals surface area contributed by atoms with E-state index in [0.717, 1.165) is 0 Å². The van der Waals surface area contributed by atoms with Gasteiger partial charge in [-0.15, -0.1) is 9.24 Å². The van der Waals surface area contributed by atoms with Gasteiger partial charge in [-0.3, -0.25) is 0 Å². The standard InChI is InChI=1S/C2H7P.K.Na.2H/c1-2-3;;;;/h2-3H2,1H3;;;;. The number of hydrogen-bond donors (Lipinski definition) is 0. The quantitative estimate of drug-likeness (QED) is 0.305. The minimum absolute atomic E-state index is 0. The van der Waals surface area contributed by atoms with Crippen LogP contribution in [0.3, 0.4) is 0 Å². The van der Waals surface area contributed by atoms with Gasteiger partial charge in [0.25, 0.3) is 0 Å². The normalized spacial score (nSPS) is 3.60. The summed E-state index contributed by atoms with van der Waals surface area (Å²) in [5.74, 6) is 0. The second-order valence-corrected chi connectivity index (χ2v) is 1.22. The van der Waals surface area contributed by atoms with Gasteiger partial charge in [0.1, 0.15) is 0 Å². The molecule has 0 saturated heterocycles. The molecular weight excluding hydrogens is 117 g/mol. The molecule has 0 fully saturated rings. The van der Waals surface area contributed by atoms with Gasteiger partial charge in [-0.2, -0.15) is 0 Å². The Hall–Kier alpha value is 3.07. The molecule has 0 nitrogen and oxygen atoms in total. The van der Waals surface area contributed by atoms with Crippen LogP contribution in [0.4, 0.5) is 0 Å². The third-order valence-corrected chi connectivity index (χ3v) is 0. The second kappa shape index (κ2) is 15.7. The van der Waals surface area contributed by atoms with Gasteiger partial charge in [0.05, 0.1) is 0 Å². The first-order valence-corrected chi connectivity index (χ1v) is 1.93. The average molecular weight is 126 g/mol. The summed E-state index contributed by atoms with van der Waals surface area (Å²) in [6.45, 7) is 2.09. The molecule has 0 spiro atoms. The van der Waals surface area contributed by atoms with Crippen molar-refractivity contribution in [2.75, 3.05) is 6.16 Å². The van der Waals surface area contributed by atoms with Crippen molar-refractivity contribution in [1.29, 1.82) is 0 Å². The molecule has 5 heavy (non-hydrogen) atoms. The molecule has 0 aliphatic heterocycles. The molecule has 0 rings (SSSR count). The first kappa shape index (κ1) is 15.7. The third-order valence-electron chi connectivity index (χ3n) is 0. The molecule has 0 aliphatic carbocycles. The fraction of sp³-hybridized carbons (Fsp3) is 1.00. The number of rotatable bonds is 0. The van der Waals surface area contributed by atoms with Crippen LogP contribution < -0.4 is 0 Å². The summed E-state index contributed by atoms with van der Waals surface area (Å²) in [5, 5.41) is 0. The molecule has 0 aromatic carbocycles. The zero-order valence-electron chi connectivity index (χ0n) is 2.28. The summed E-state index contributed by atoms with van der Waals surface area (Å²) in [6.07, 6.45) is 1.17. The van der Waals surface area contributed by atoms with Crippen molar-refractivity contribution >= 4 is 90.2 Å². The van der Waals surface area contributed by atoms with Crippen LogP contribution in [-0.2, 0) is 0 Å². The van der Waals surface area contributed by atoms with Gasteiger partial charge in [-0.1, -0.05) is 6.92 Å². The van der Waals surface area contributed by atoms with Gasteiger partial charge in [0.2, 0.25) is 0 Å². The van der Waals surface area contributed by atoms with Crippen LogP contribution >= 0.6 is 9.24 Å². The van der Waals surface area contributed by atoms with Crippen LogP contribution in [0, 0.1) is 0 Å².